The van der Waals surface area contributed by atoms with Gasteiger partial charge in [-0.1, -0.05) is 34.4 Å². The maximum atomic E-state index is 10.4. The van der Waals surface area contributed by atoms with Crippen LogP contribution in [0.3, 0.4) is 0 Å². The maximum Gasteiger partial charge on any atom is 0.152 e. The zero-order chi connectivity index (χ0) is 14.3. The van der Waals surface area contributed by atoms with Crippen LogP contribution in [0.15, 0.2) is 0 Å². The molecular weight excluding hydrogens is 367 g/mol. The van der Waals surface area contributed by atoms with E-state index in [2.05, 4.69) is 0 Å². The molecule has 0 aliphatic carbocycles. The summed E-state index contributed by atoms with van der Waals surface area (Å²) in [6.07, 6.45) is 5.88. The fourth-order valence-electron chi connectivity index (χ4n) is 1.23. The topological polar surface area (TPSA) is 74.6 Å². The second-order valence-corrected chi connectivity index (χ2v) is 10.5. The molecule has 117 valence electrons. The van der Waals surface area contributed by atoms with Gasteiger partial charge in [0, 0.05) is 52.6 Å². The fourth-order valence-corrected chi connectivity index (χ4v) is 6.14. The predicted octanol–water partition coefficient (Wildman–Crippen LogP) is 3.42. The van der Waals surface area contributed by atoms with Crippen molar-refractivity contribution < 1.29 is 17.5 Å². The number of hydrogen-bond donors (Lipinski definition) is 2. The normalized spacial score (nSPS) is 13.7. The van der Waals surface area contributed by atoms with Crippen LogP contribution in [0.4, 0.5) is 0 Å². The number of unbranched alkanes of at least 4 members (excludes halogenated alkanes) is 4. The smallest absolute Gasteiger partial charge is 0.152 e. The van der Waals surface area contributed by atoms with Gasteiger partial charge in [0.25, 0.3) is 0 Å². The van der Waals surface area contributed by atoms with Gasteiger partial charge in [0.2, 0.25) is 0 Å². The van der Waals surface area contributed by atoms with Gasteiger partial charge in [-0.3, -0.25) is 0 Å². The van der Waals surface area contributed by atoms with Crippen LogP contribution in [0, 0.1) is 0 Å². The summed E-state index contributed by atoms with van der Waals surface area (Å²) >= 11 is -3.27. The molecule has 0 aromatic rings. The van der Waals surface area contributed by atoms with Crippen molar-refractivity contribution in [3.8, 4) is 0 Å². The summed E-state index contributed by atoms with van der Waals surface area (Å²) in [6, 6.07) is 0. The maximum absolute atomic E-state index is 10.4. The third-order valence-electron chi connectivity index (χ3n) is 2.19. The Morgan fingerprint density at radius 3 is 1.45 bits per heavy atom. The number of rotatable bonds is 14. The Balaban J connectivity index is 0. The van der Waals surface area contributed by atoms with Gasteiger partial charge in [-0.2, -0.15) is 0 Å². The van der Waals surface area contributed by atoms with Crippen LogP contribution >= 0.6 is 31.4 Å². The third-order valence-corrected chi connectivity index (χ3v) is 7.88. The average Bonchev–Trinajstić information content (AvgIpc) is 2.34. The molecule has 0 fully saturated rings. The van der Waals surface area contributed by atoms with Gasteiger partial charge < -0.3 is 9.11 Å². The van der Waals surface area contributed by atoms with Crippen molar-refractivity contribution in [3.63, 3.8) is 0 Å². The molecule has 4 nitrogen and oxygen atoms in total. The molecule has 2 N–H and O–H groups in total. The fraction of sp³-hybridized carbons (Fsp3) is 1.00. The molecule has 0 amide bonds. The summed E-state index contributed by atoms with van der Waals surface area (Å²) in [5.41, 5.74) is 0. The standard InChI is InChI=1S/C10H22O4S5.Na/c11-18(12)9-5-1-3-7-15-17-16-8-4-2-6-10-19(13)14;/h1-10H2,(H,11,12)(H,13,14);. The van der Waals surface area contributed by atoms with E-state index >= 15 is 0 Å². The van der Waals surface area contributed by atoms with E-state index in [-0.39, 0.29) is 29.6 Å². The van der Waals surface area contributed by atoms with Crippen LogP contribution in [0.5, 0.6) is 0 Å². The average molecular weight is 390 g/mol. The Bertz CT molecular complexity index is 234. The molecule has 0 saturated heterocycles. The summed E-state index contributed by atoms with van der Waals surface area (Å²) < 4.78 is 37.9. The zero-order valence-corrected chi connectivity index (χ0v) is 17.9. The van der Waals surface area contributed by atoms with E-state index in [1.165, 1.54) is 0 Å². The SMILES string of the molecule is O=S(O)CCCCCSSSCCCCCS(=O)O.[Na]. The largest absolute Gasteiger partial charge is 0.306 e. The first kappa shape index (κ1) is 24.5. The molecule has 0 aromatic carbocycles. The molecule has 1 radical (unpaired) electrons. The van der Waals surface area contributed by atoms with E-state index in [9.17, 15) is 8.42 Å². The number of hydrogen-bond acceptors (Lipinski definition) is 5. The minimum absolute atomic E-state index is 0. The molecule has 0 bridgehead atoms. The van der Waals surface area contributed by atoms with Gasteiger partial charge in [-0.25, -0.2) is 8.42 Å². The molecule has 0 saturated carbocycles. The van der Waals surface area contributed by atoms with Crippen molar-refractivity contribution in [2.24, 2.45) is 0 Å². The second-order valence-electron chi connectivity index (χ2n) is 3.88. The quantitative estimate of drug-likeness (QED) is 0.204. The molecule has 0 rings (SSSR count). The van der Waals surface area contributed by atoms with Crippen LogP contribution < -0.4 is 0 Å². The molecule has 0 aliphatic heterocycles. The summed E-state index contributed by atoms with van der Waals surface area (Å²) in [6.45, 7) is 0. The predicted molar refractivity (Wildman–Crippen MR) is 97.2 cm³/mol. The molecular formula is C10H22NaO4S5. The van der Waals surface area contributed by atoms with Crippen molar-refractivity contribution in [1.29, 1.82) is 0 Å². The van der Waals surface area contributed by atoms with E-state index in [0.29, 0.717) is 11.5 Å². The zero-order valence-electron chi connectivity index (χ0n) is 11.8. The van der Waals surface area contributed by atoms with Crippen molar-refractivity contribution in [3.05, 3.63) is 0 Å². The van der Waals surface area contributed by atoms with Crippen LogP contribution in [-0.4, -0.2) is 70.1 Å². The van der Waals surface area contributed by atoms with Gasteiger partial charge in [-0.05, 0) is 35.5 Å². The Hall–Kier alpha value is 2.27. The molecule has 10 heteroatoms. The Morgan fingerprint density at radius 2 is 1.10 bits per heavy atom. The van der Waals surface area contributed by atoms with E-state index < -0.39 is 22.2 Å². The summed E-state index contributed by atoms with van der Waals surface area (Å²) in [4.78, 5) is 0. The van der Waals surface area contributed by atoms with Crippen LogP contribution in [-0.2, 0) is 22.2 Å². The first-order chi connectivity index (χ1) is 9.13. The van der Waals surface area contributed by atoms with E-state index in [1.807, 2.05) is 21.6 Å². The Labute approximate surface area is 160 Å². The monoisotopic (exact) mass is 389 g/mol. The minimum atomic E-state index is -1.63. The van der Waals surface area contributed by atoms with Crippen molar-refractivity contribution in [2.45, 2.75) is 38.5 Å². The van der Waals surface area contributed by atoms with Crippen LogP contribution in [0.1, 0.15) is 38.5 Å². The van der Waals surface area contributed by atoms with Crippen molar-refractivity contribution >= 4 is 83.1 Å². The van der Waals surface area contributed by atoms with E-state index in [1.54, 1.807) is 9.83 Å². The summed E-state index contributed by atoms with van der Waals surface area (Å²) in [5.74, 6) is 2.95. The third kappa shape index (κ3) is 22.5. The van der Waals surface area contributed by atoms with Gasteiger partial charge >= 0.3 is 0 Å². The van der Waals surface area contributed by atoms with Gasteiger partial charge in [-0.15, -0.1) is 0 Å². The van der Waals surface area contributed by atoms with Gasteiger partial charge in [0.05, 0.1) is 0 Å². The molecule has 2 unspecified atom stereocenters. The van der Waals surface area contributed by atoms with Gasteiger partial charge in [0.1, 0.15) is 0 Å². The van der Waals surface area contributed by atoms with Crippen LogP contribution in [0.2, 0.25) is 0 Å². The van der Waals surface area contributed by atoms with Crippen LogP contribution in [0.25, 0.3) is 0 Å². The summed E-state index contributed by atoms with van der Waals surface area (Å²) in [7, 11) is 5.46. The minimum Gasteiger partial charge on any atom is -0.306 e. The van der Waals surface area contributed by atoms with Gasteiger partial charge in [0.15, 0.2) is 22.2 Å². The Morgan fingerprint density at radius 1 is 0.700 bits per heavy atom. The molecule has 0 aromatic heterocycles. The second kappa shape index (κ2) is 19.3. The first-order valence-corrected chi connectivity index (χ1v) is 12.6. The van der Waals surface area contributed by atoms with Crippen molar-refractivity contribution in [1.82, 2.24) is 0 Å². The van der Waals surface area contributed by atoms with Crippen molar-refractivity contribution in [2.75, 3.05) is 23.0 Å². The van der Waals surface area contributed by atoms with E-state index in [0.717, 1.165) is 50.0 Å². The first-order valence-electron chi connectivity index (χ1n) is 6.19. The van der Waals surface area contributed by atoms with E-state index in [4.69, 9.17) is 9.11 Å². The molecule has 20 heavy (non-hydrogen) atoms. The summed E-state index contributed by atoms with van der Waals surface area (Å²) in [5, 5.41) is 0. The molecule has 2 atom stereocenters. The molecule has 0 spiro atoms. The Kier molecular flexibility index (Phi) is 23.7. The molecule has 0 aliphatic rings. The molecule has 0 heterocycles.